The normalized spacial score (nSPS) is 29.7. The van der Waals surface area contributed by atoms with Crippen LogP contribution in [0.25, 0.3) is 0 Å². The molecular weight excluding hydrogens is 260 g/mol. The second-order valence-electron chi connectivity index (χ2n) is 7.17. The van der Waals surface area contributed by atoms with Crippen molar-refractivity contribution in [2.45, 2.75) is 64.3 Å². The summed E-state index contributed by atoms with van der Waals surface area (Å²) in [5, 5.41) is 7.99. The van der Waals surface area contributed by atoms with Crippen molar-refractivity contribution in [3.8, 4) is 0 Å². The van der Waals surface area contributed by atoms with Gasteiger partial charge in [-0.2, -0.15) is 5.10 Å². The topological polar surface area (TPSA) is 42.7 Å². The Morgan fingerprint density at radius 3 is 2.76 bits per heavy atom. The van der Waals surface area contributed by atoms with E-state index in [1.54, 1.807) is 6.33 Å². The predicted octanol–water partition coefficient (Wildman–Crippen LogP) is 2.94. The molecule has 3 unspecified atom stereocenters. The molecule has 1 heterocycles. The molecule has 2 aliphatic carbocycles. The van der Waals surface area contributed by atoms with E-state index in [-0.39, 0.29) is 0 Å². The molecule has 3 rings (SSSR count). The zero-order valence-corrected chi connectivity index (χ0v) is 13.6. The molecule has 118 valence electrons. The monoisotopic (exact) mass is 290 g/mol. The maximum Gasteiger partial charge on any atom is 0.138 e. The molecule has 4 nitrogen and oxygen atoms in total. The molecular formula is C17H30N4. The van der Waals surface area contributed by atoms with Crippen molar-refractivity contribution < 1.29 is 0 Å². The van der Waals surface area contributed by atoms with Crippen LogP contribution in [-0.2, 0) is 13.5 Å². The highest BCUT2D eigenvalue weighted by Crippen LogP contribution is 2.38. The van der Waals surface area contributed by atoms with E-state index in [9.17, 15) is 0 Å². The van der Waals surface area contributed by atoms with Gasteiger partial charge in [0.1, 0.15) is 12.2 Å². The number of hydrogen-bond donors (Lipinski definition) is 1. The van der Waals surface area contributed by atoms with Crippen LogP contribution in [0.3, 0.4) is 0 Å². The van der Waals surface area contributed by atoms with Gasteiger partial charge in [-0.3, -0.25) is 4.68 Å². The molecule has 1 aromatic heterocycles. The molecule has 2 saturated carbocycles. The second-order valence-corrected chi connectivity index (χ2v) is 7.17. The van der Waals surface area contributed by atoms with Gasteiger partial charge in [-0.15, -0.1) is 0 Å². The lowest BCUT2D eigenvalue weighted by Crippen LogP contribution is -2.35. The van der Waals surface area contributed by atoms with E-state index in [0.29, 0.717) is 0 Å². The highest BCUT2D eigenvalue weighted by atomic mass is 15.3. The minimum atomic E-state index is 0.782. The minimum Gasteiger partial charge on any atom is -0.314 e. The van der Waals surface area contributed by atoms with Crippen molar-refractivity contribution in [1.29, 1.82) is 0 Å². The van der Waals surface area contributed by atoms with Crippen molar-refractivity contribution in [3.05, 3.63) is 12.2 Å². The highest BCUT2D eigenvalue weighted by molar-refractivity contribution is 4.93. The zero-order valence-electron chi connectivity index (χ0n) is 13.6. The fourth-order valence-electron chi connectivity index (χ4n) is 3.96. The molecule has 0 saturated heterocycles. The number of aryl methyl sites for hydroxylation is 1. The van der Waals surface area contributed by atoms with E-state index < -0.39 is 0 Å². The van der Waals surface area contributed by atoms with Gasteiger partial charge in [0.25, 0.3) is 0 Å². The average molecular weight is 290 g/mol. The van der Waals surface area contributed by atoms with Crippen LogP contribution in [0.15, 0.2) is 6.33 Å². The van der Waals surface area contributed by atoms with Crippen LogP contribution in [0, 0.1) is 17.8 Å². The Morgan fingerprint density at radius 1 is 1.24 bits per heavy atom. The predicted molar refractivity (Wildman–Crippen MR) is 85.0 cm³/mol. The van der Waals surface area contributed by atoms with Gasteiger partial charge < -0.3 is 5.32 Å². The van der Waals surface area contributed by atoms with E-state index in [1.807, 2.05) is 11.7 Å². The number of rotatable bonds is 7. The fourth-order valence-corrected chi connectivity index (χ4v) is 3.96. The van der Waals surface area contributed by atoms with Gasteiger partial charge in [0.15, 0.2) is 0 Å². The first kappa shape index (κ1) is 15.0. The third-order valence-corrected chi connectivity index (χ3v) is 5.44. The number of aromatic nitrogens is 3. The zero-order chi connectivity index (χ0) is 14.7. The van der Waals surface area contributed by atoms with Gasteiger partial charge in [-0.1, -0.05) is 26.2 Å². The van der Waals surface area contributed by atoms with E-state index in [2.05, 4.69) is 22.3 Å². The average Bonchev–Trinajstić information content (AvgIpc) is 3.22. The maximum absolute atomic E-state index is 4.45. The Kier molecular flexibility index (Phi) is 4.94. The van der Waals surface area contributed by atoms with Crippen molar-refractivity contribution in [2.24, 2.45) is 24.8 Å². The van der Waals surface area contributed by atoms with E-state index >= 15 is 0 Å². The molecule has 0 radical (unpaired) electrons. The SMILES string of the molecule is CCCC1CCC(CNC2CC2)C(Cc2ncnn2C)C1. The molecule has 0 aromatic carbocycles. The molecule has 3 atom stereocenters. The summed E-state index contributed by atoms with van der Waals surface area (Å²) in [7, 11) is 2.02. The van der Waals surface area contributed by atoms with Crippen LogP contribution in [0.4, 0.5) is 0 Å². The van der Waals surface area contributed by atoms with E-state index in [4.69, 9.17) is 0 Å². The third kappa shape index (κ3) is 4.06. The lowest BCUT2D eigenvalue weighted by atomic mass is 9.71. The summed E-state index contributed by atoms with van der Waals surface area (Å²) in [6.07, 6.45) is 12.5. The first-order chi connectivity index (χ1) is 10.3. The van der Waals surface area contributed by atoms with Crippen LogP contribution in [0.2, 0.25) is 0 Å². The first-order valence-electron chi connectivity index (χ1n) is 8.82. The Labute approximate surface area is 128 Å². The summed E-state index contributed by atoms with van der Waals surface area (Å²) in [4.78, 5) is 4.45. The quantitative estimate of drug-likeness (QED) is 0.839. The Morgan fingerprint density at radius 2 is 2.10 bits per heavy atom. The Bertz CT molecular complexity index is 438. The van der Waals surface area contributed by atoms with Gasteiger partial charge in [-0.25, -0.2) is 4.98 Å². The Balaban J connectivity index is 1.61. The number of nitrogens with one attached hydrogen (secondary N) is 1. The van der Waals surface area contributed by atoms with Crippen LogP contribution < -0.4 is 5.32 Å². The second kappa shape index (κ2) is 6.91. The van der Waals surface area contributed by atoms with Gasteiger partial charge in [0.05, 0.1) is 0 Å². The van der Waals surface area contributed by atoms with Crippen molar-refractivity contribution in [3.63, 3.8) is 0 Å². The molecule has 0 aliphatic heterocycles. The van der Waals surface area contributed by atoms with Gasteiger partial charge >= 0.3 is 0 Å². The van der Waals surface area contributed by atoms with Crippen molar-refractivity contribution in [1.82, 2.24) is 20.1 Å². The molecule has 1 aromatic rings. The van der Waals surface area contributed by atoms with Crippen molar-refractivity contribution in [2.75, 3.05) is 6.54 Å². The van der Waals surface area contributed by atoms with Gasteiger partial charge in [0, 0.05) is 19.5 Å². The lowest BCUT2D eigenvalue weighted by molar-refractivity contribution is 0.164. The molecule has 2 aliphatic rings. The third-order valence-electron chi connectivity index (χ3n) is 5.44. The highest BCUT2D eigenvalue weighted by Gasteiger charge is 2.32. The summed E-state index contributed by atoms with van der Waals surface area (Å²) in [5.41, 5.74) is 0. The summed E-state index contributed by atoms with van der Waals surface area (Å²) in [6.45, 7) is 3.53. The van der Waals surface area contributed by atoms with Crippen LogP contribution in [-0.4, -0.2) is 27.4 Å². The maximum atomic E-state index is 4.45. The number of hydrogen-bond acceptors (Lipinski definition) is 3. The summed E-state index contributed by atoms with van der Waals surface area (Å²) in [5.74, 6) is 3.71. The molecule has 4 heteroatoms. The van der Waals surface area contributed by atoms with Gasteiger partial charge in [-0.05, 0) is 50.0 Å². The van der Waals surface area contributed by atoms with Gasteiger partial charge in [0.2, 0.25) is 0 Å². The lowest BCUT2D eigenvalue weighted by Gasteiger charge is -2.36. The van der Waals surface area contributed by atoms with Crippen LogP contribution in [0.1, 0.15) is 57.7 Å². The summed E-state index contributed by atoms with van der Waals surface area (Å²) < 4.78 is 1.95. The standard InChI is InChI=1S/C17H30N4/c1-3-4-13-5-6-14(11-18-16-7-8-16)15(9-13)10-17-19-12-20-21(17)2/h12-16,18H,3-11H2,1-2H3. The molecule has 2 fully saturated rings. The smallest absolute Gasteiger partial charge is 0.138 e. The first-order valence-corrected chi connectivity index (χ1v) is 8.82. The molecule has 0 amide bonds. The van der Waals surface area contributed by atoms with Crippen LogP contribution >= 0.6 is 0 Å². The molecule has 1 N–H and O–H groups in total. The van der Waals surface area contributed by atoms with E-state index in [1.165, 1.54) is 51.5 Å². The Hall–Kier alpha value is -0.900. The number of nitrogens with zero attached hydrogens (tertiary/aromatic N) is 3. The summed E-state index contributed by atoms with van der Waals surface area (Å²) in [6, 6.07) is 0.828. The molecule has 0 bridgehead atoms. The summed E-state index contributed by atoms with van der Waals surface area (Å²) >= 11 is 0. The molecule has 0 spiro atoms. The van der Waals surface area contributed by atoms with Crippen molar-refractivity contribution >= 4 is 0 Å². The molecule has 21 heavy (non-hydrogen) atoms. The van der Waals surface area contributed by atoms with E-state index in [0.717, 1.165) is 36.0 Å². The fraction of sp³-hybridized carbons (Fsp3) is 0.882. The minimum absolute atomic E-state index is 0.782. The largest absolute Gasteiger partial charge is 0.314 e. The van der Waals surface area contributed by atoms with Crippen LogP contribution in [0.5, 0.6) is 0 Å².